The summed E-state index contributed by atoms with van der Waals surface area (Å²) in [7, 11) is 0. The third kappa shape index (κ3) is 3.09. The van der Waals surface area contributed by atoms with Gasteiger partial charge in [0.2, 0.25) is 0 Å². The maximum Gasteiger partial charge on any atom is 0.131 e. The summed E-state index contributed by atoms with van der Waals surface area (Å²) >= 11 is 1.72. The van der Waals surface area contributed by atoms with Crippen LogP contribution in [0.2, 0.25) is 0 Å². The third-order valence-corrected chi connectivity index (χ3v) is 4.35. The lowest BCUT2D eigenvalue weighted by Gasteiger charge is -2.16. The Balaban J connectivity index is 1.89. The molecular weight excluding hydrogens is 278 g/mol. The highest BCUT2D eigenvalue weighted by molar-refractivity contribution is 7.07. The normalized spacial score (nSPS) is 12.5. The van der Waals surface area contributed by atoms with Gasteiger partial charge in [0.1, 0.15) is 5.75 Å². The van der Waals surface area contributed by atoms with E-state index in [1.54, 1.807) is 11.3 Å². The molecule has 108 valence electrons. The van der Waals surface area contributed by atoms with Crippen LogP contribution in [0.3, 0.4) is 0 Å². The fraction of sp³-hybridized carbons (Fsp3) is 0.222. The summed E-state index contributed by atoms with van der Waals surface area (Å²) in [6.07, 6.45) is 0.922. The Morgan fingerprint density at radius 3 is 2.76 bits per heavy atom. The van der Waals surface area contributed by atoms with E-state index < -0.39 is 0 Å². The van der Waals surface area contributed by atoms with Crippen molar-refractivity contribution in [1.29, 1.82) is 0 Å². The molecule has 0 amide bonds. The average molecular weight is 297 g/mol. The molecule has 2 N–H and O–H groups in total. The Morgan fingerprint density at radius 1 is 1.14 bits per heavy atom. The van der Waals surface area contributed by atoms with E-state index >= 15 is 0 Å². The fourth-order valence-corrected chi connectivity index (χ4v) is 3.19. The molecule has 2 nitrogen and oxygen atoms in total. The number of benzene rings is 2. The van der Waals surface area contributed by atoms with Gasteiger partial charge in [-0.25, -0.2) is 0 Å². The van der Waals surface area contributed by atoms with Crippen molar-refractivity contribution in [3.05, 3.63) is 64.4 Å². The molecule has 0 spiro atoms. The Labute approximate surface area is 129 Å². The van der Waals surface area contributed by atoms with Gasteiger partial charge in [-0.3, -0.25) is 0 Å². The largest absolute Gasteiger partial charge is 0.492 e. The van der Waals surface area contributed by atoms with Crippen LogP contribution in [0.4, 0.5) is 0 Å². The first-order chi connectivity index (χ1) is 10.3. The highest BCUT2D eigenvalue weighted by atomic mass is 32.1. The van der Waals surface area contributed by atoms with Crippen molar-refractivity contribution in [1.82, 2.24) is 0 Å². The van der Waals surface area contributed by atoms with Gasteiger partial charge < -0.3 is 10.5 Å². The number of fused-ring (bicyclic) bond motifs is 1. The summed E-state index contributed by atoms with van der Waals surface area (Å²) in [5.74, 6) is 0.929. The van der Waals surface area contributed by atoms with E-state index in [4.69, 9.17) is 10.5 Å². The molecule has 0 saturated carbocycles. The lowest BCUT2D eigenvalue weighted by Crippen LogP contribution is -2.10. The molecule has 1 aromatic heterocycles. The molecule has 0 radical (unpaired) electrons. The van der Waals surface area contributed by atoms with Gasteiger partial charge in [0.15, 0.2) is 0 Å². The number of hydrogen-bond donors (Lipinski definition) is 1. The molecule has 21 heavy (non-hydrogen) atoms. The van der Waals surface area contributed by atoms with Crippen molar-refractivity contribution in [2.45, 2.75) is 19.4 Å². The molecule has 1 heterocycles. The predicted molar refractivity (Wildman–Crippen MR) is 90.1 cm³/mol. The van der Waals surface area contributed by atoms with E-state index in [9.17, 15) is 0 Å². The second-order valence-corrected chi connectivity index (χ2v) is 6.00. The molecule has 0 aliphatic rings. The minimum absolute atomic E-state index is 0.0363. The molecule has 3 aromatic rings. The standard InChI is InChI=1S/C18H19NOS/c1-13(19)16-7-6-15-4-2-3-5-17(15)18(16)20-10-8-14-9-11-21-12-14/h2-7,9,11-13H,8,10,19H2,1H3/t13-/m0/s1. The molecule has 0 saturated heterocycles. The molecule has 2 aromatic carbocycles. The number of thiophene rings is 1. The van der Waals surface area contributed by atoms with Crippen molar-refractivity contribution in [3.63, 3.8) is 0 Å². The zero-order valence-corrected chi connectivity index (χ0v) is 12.9. The lowest BCUT2D eigenvalue weighted by atomic mass is 10.0. The topological polar surface area (TPSA) is 35.2 Å². The van der Waals surface area contributed by atoms with Crippen molar-refractivity contribution in [3.8, 4) is 5.75 Å². The molecule has 0 aliphatic carbocycles. The van der Waals surface area contributed by atoms with Crippen LogP contribution in [0.1, 0.15) is 24.1 Å². The van der Waals surface area contributed by atoms with E-state index in [0.717, 1.165) is 23.1 Å². The lowest BCUT2D eigenvalue weighted by molar-refractivity contribution is 0.321. The fourth-order valence-electron chi connectivity index (χ4n) is 2.49. The molecule has 0 aliphatic heterocycles. The van der Waals surface area contributed by atoms with Crippen molar-refractivity contribution >= 4 is 22.1 Å². The average Bonchev–Trinajstić information content (AvgIpc) is 3.00. The molecule has 1 atom stereocenters. The van der Waals surface area contributed by atoms with E-state index in [0.29, 0.717) is 6.61 Å². The smallest absolute Gasteiger partial charge is 0.131 e. The second kappa shape index (κ2) is 6.29. The van der Waals surface area contributed by atoms with Gasteiger partial charge in [-0.1, -0.05) is 36.4 Å². The van der Waals surface area contributed by atoms with E-state index in [1.807, 2.05) is 19.1 Å². The summed E-state index contributed by atoms with van der Waals surface area (Å²) in [6, 6.07) is 14.6. The van der Waals surface area contributed by atoms with Crippen LogP contribution in [0, 0.1) is 0 Å². The Bertz CT molecular complexity index is 719. The monoisotopic (exact) mass is 297 g/mol. The molecule has 0 fully saturated rings. The third-order valence-electron chi connectivity index (χ3n) is 3.62. The summed E-state index contributed by atoms with van der Waals surface area (Å²) in [6.45, 7) is 2.67. The maximum absolute atomic E-state index is 6.11. The molecular formula is C18H19NOS. The minimum Gasteiger partial charge on any atom is -0.492 e. The van der Waals surface area contributed by atoms with Gasteiger partial charge in [-0.15, -0.1) is 0 Å². The zero-order chi connectivity index (χ0) is 14.7. The predicted octanol–water partition coefficient (Wildman–Crippen LogP) is 4.54. The SMILES string of the molecule is C[C@H](N)c1ccc2ccccc2c1OCCc1ccsc1. The quantitative estimate of drug-likeness (QED) is 0.750. The second-order valence-electron chi connectivity index (χ2n) is 5.22. The van der Waals surface area contributed by atoms with Crippen molar-refractivity contribution < 1.29 is 4.74 Å². The number of ether oxygens (including phenoxy) is 1. The van der Waals surface area contributed by atoms with E-state index in [2.05, 4.69) is 41.1 Å². The van der Waals surface area contributed by atoms with Crippen molar-refractivity contribution in [2.24, 2.45) is 5.73 Å². The highest BCUT2D eigenvalue weighted by Crippen LogP contribution is 2.33. The van der Waals surface area contributed by atoms with Crippen LogP contribution >= 0.6 is 11.3 Å². The summed E-state index contributed by atoms with van der Waals surface area (Å²) in [5, 5.41) is 6.59. The summed E-state index contributed by atoms with van der Waals surface area (Å²) < 4.78 is 6.11. The van der Waals surface area contributed by atoms with Crippen LogP contribution < -0.4 is 10.5 Å². The minimum atomic E-state index is -0.0363. The molecule has 0 bridgehead atoms. The summed E-state index contributed by atoms with van der Waals surface area (Å²) in [4.78, 5) is 0. The first-order valence-corrected chi connectivity index (χ1v) is 8.11. The Hall–Kier alpha value is -1.84. The van der Waals surface area contributed by atoms with Gasteiger partial charge in [0.25, 0.3) is 0 Å². The number of hydrogen-bond acceptors (Lipinski definition) is 3. The van der Waals surface area contributed by atoms with Crippen LogP contribution in [0.15, 0.2) is 53.2 Å². The van der Waals surface area contributed by atoms with Gasteiger partial charge >= 0.3 is 0 Å². The van der Waals surface area contributed by atoms with Crippen LogP contribution in [-0.4, -0.2) is 6.61 Å². The first kappa shape index (κ1) is 14.1. The van der Waals surface area contributed by atoms with Crippen LogP contribution in [0.25, 0.3) is 10.8 Å². The van der Waals surface area contributed by atoms with Crippen LogP contribution in [-0.2, 0) is 6.42 Å². The zero-order valence-electron chi connectivity index (χ0n) is 12.1. The maximum atomic E-state index is 6.11. The summed E-state index contributed by atoms with van der Waals surface area (Å²) in [5.41, 5.74) is 8.48. The van der Waals surface area contributed by atoms with E-state index in [1.165, 1.54) is 10.9 Å². The number of nitrogens with two attached hydrogens (primary N) is 1. The van der Waals surface area contributed by atoms with E-state index in [-0.39, 0.29) is 6.04 Å². The molecule has 3 heteroatoms. The molecule has 3 rings (SSSR count). The Morgan fingerprint density at radius 2 is 2.00 bits per heavy atom. The first-order valence-electron chi connectivity index (χ1n) is 7.17. The van der Waals surface area contributed by atoms with Gasteiger partial charge in [0.05, 0.1) is 6.61 Å². The van der Waals surface area contributed by atoms with Crippen molar-refractivity contribution in [2.75, 3.05) is 6.61 Å². The van der Waals surface area contributed by atoms with Gasteiger partial charge in [-0.05, 0) is 34.7 Å². The number of rotatable bonds is 5. The highest BCUT2D eigenvalue weighted by Gasteiger charge is 2.12. The molecule has 0 unspecified atom stereocenters. The Kier molecular flexibility index (Phi) is 4.23. The van der Waals surface area contributed by atoms with Gasteiger partial charge in [0, 0.05) is 23.4 Å². The van der Waals surface area contributed by atoms with Gasteiger partial charge in [-0.2, -0.15) is 11.3 Å². The van der Waals surface area contributed by atoms with Crippen LogP contribution in [0.5, 0.6) is 5.75 Å².